The average molecular weight is 316 g/mol. The third kappa shape index (κ3) is 3.58. The van der Waals surface area contributed by atoms with E-state index in [0.29, 0.717) is 30.0 Å². The van der Waals surface area contributed by atoms with Gasteiger partial charge in [-0.15, -0.1) is 5.10 Å². The van der Waals surface area contributed by atoms with E-state index in [1.165, 1.54) is 4.68 Å². The molecule has 0 atom stereocenters. The Morgan fingerprint density at radius 3 is 2.65 bits per heavy atom. The molecule has 0 fully saturated rings. The van der Waals surface area contributed by atoms with E-state index < -0.39 is 5.97 Å². The first-order valence-corrected chi connectivity index (χ1v) is 6.84. The first-order valence-electron chi connectivity index (χ1n) is 6.84. The first kappa shape index (κ1) is 16.3. The standard InChI is InChI=1S/C15H16N4O4/c1-22-12-6-4-10(9-13(12)23-2)3-5-11-14(15(20)21)17-18-19(11)8-7-16/h4,6,9H,3,5,8H2,1-2H3,(H,20,21). The maximum atomic E-state index is 11.2. The van der Waals surface area contributed by atoms with Crippen LogP contribution in [-0.2, 0) is 19.4 Å². The van der Waals surface area contributed by atoms with Crippen LogP contribution in [0.1, 0.15) is 21.7 Å². The summed E-state index contributed by atoms with van der Waals surface area (Å²) < 4.78 is 11.7. The molecule has 0 aliphatic rings. The number of rotatable bonds is 7. The Morgan fingerprint density at radius 2 is 2.04 bits per heavy atom. The summed E-state index contributed by atoms with van der Waals surface area (Å²) in [5.41, 5.74) is 1.25. The Kier molecular flexibility index (Phi) is 5.15. The molecule has 8 nitrogen and oxygen atoms in total. The van der Waals surface area contributed by atoms with E-state index in [-0.39, 0.29) is 12.2 Å². The molecule has 0 unspecified atom stereocenters. The van der Waals surface area contributed by atoms with Gasteiger partial charge < -0.3 is 14.6 Å². The van der Waals surface area contributed by atoms with Crippen molar-refractivity contribution in [1.29, 1.82) is 5.26 Å². The largest absolute Gasteiger partial charge is 0.493 e. The molecule has 0 spiro atoms. The van der Waals surface area contributed by atoms with E-state index in [4.69, 9.17) is 19.8 Å². The summed E-state index contributed by atoms with van der Waals surface area (Å²) in [6.07, 6.45) is 0.950. The Morgan fingerprint density at radius 1 is 1.30 bits per heavy atom. The molecule has 0 bridgehead atoms. The minimum absolute atomic E-state index is 0.0401. The van der Waals surface area contributed by atoms with Gasteiger partial charge in [-0.2, -0.15) is 5.26 Å². The maximum Gasteiger partial charge on any atom is 0.358 e. The highest BCUT2D eigenvalue weighted by Gasteiger charge is 2.18. The van der Waals surface area contributed by atoms with Gasteiger partial charge in [0, 0.05) is 0 Å². The second-order valence-corrected chi connectivity index (χ2v) is 4.69. The number of aryl methyl sites for hydroxylation is 1. The molecule has 120 valence electrons. The fourth-order valence-corrected chi connectivity index (χ4v) is 2.24. The predicted octanol–water partition coefficient (Wildman–Crippen LogP) is 1.30. The number of hydrogen-bond donors (Lipinski definition) is 1. The number of carboxylic acid groups (broad SMARTS) is 1. The van der Waals surface area contributed by atoms with Crippen molar-refractivity contribution in [2.75, 3.05) is 14.2 Å². The molecule has 0 saturated heterocycles. The predicted molar refractivity (Wildman–Crippen MR) is 79.5 cm³/mol. The highest BCUT2D eigenvalue weighted by Crippen LogP contribution is 2.28. The molecule has 1 aromatic heterocycles. The van der Waals surface area contributed by atoms with Crippen molar-refractivity contribution in [2.45, 2.75) is 19.4 Å². The molecule has 0 aliphatic carbocycles. The fraction of sp³-hybridized carbons (Fsp3) is 0.333. The molecule has 0 aliphatic heterocycles. The van der Waals surface area contributed by atoms with Gasteiger partial charge >= 0.3 is 5.97 Å². The number of hydrogen-bond acceptors (Lipinski definition) is 6. The smallest absolute Gasteiger partial charge is 0.358 e. The summed E-state index contributed by atoms with van der Waals surface area (Å²) in [6.45, 7) is -0.0401. The van der Waals surface area contributed by atoms with Gasteiger partial charge in [0.2, 0.25) is 0 Å². The summed E-state index contributed by atoms with van der Waals surface area (Å²) in [5.74, 6) is 0.0716. The van der Waals surface area contributed by atoms with Crippen LogP contribution in [0, 0.1) is 11.3 Å². The molecule has 0 saturated carbocycles. The van der Waals surface area contributed by atoms with Crippen LogP contribution in [-0.4, -0.2) is 40.3 Å². The number of aromatic carboxylic acids is 1. The van der Waals surface area contributed by atoms with Crippen LogP contribution in [0.3, 0.4) is 0 Å². The molecule has 8 heteroatoms. The number of carboxylic acids is 1. The van der Waals surface area contributed by atoms with Crippen molar-refractivity contribution in [1.82, 2.24) is 15.0 Å². The summed E-state index contributed by atoms with van der Waals surface area (Å²) in [4.78, 5) is 11.2. The lowest BCUT2D eigenvalue weighted by Gasteiger charge is -2.10. The number of carbonyl (C=O) groups is 1. The van der Waals surface area contributed by atoms with E-state index in [2.05, 4.69) is 10.3 Å². The van der Waals surface area contributed by atoms with Crippen molar-refractivity contribution in [3.05, 3.63) is 35.2 Å². The van der Waals surface area contributed by atoms with Crippen LogP contribution in [0.4, 0.5) is 0 Å². The van der Waals surface area contributed by atoms with Gasteiger partial charge in [-0.05, 0) is 30.5 Å². The van der Waals surface area contributed by atoms with Crippen molar-refractivity contribution in [3.63, 3.8) is 0 Å². The maximum absolute atomic E-state index is 11.2. The number of ether oxygens (including phenoxy) is 2. The lowest BCUT2D eigenvalue weighted by atomic mass is 10.1. The zero-order valence-electron chi connectivity index (χ0n) is 12.8. The van der Waals surface area contributed by atoms with Gasteiger partial charge in [0.15, 0.2) is 17.2 Å². The number of nitriles is 1. The van der Waals surface area contributed by atoms with Crippen molar-refractivity contribution < 1.29 is 19.4 Å². The summed E-state index contributed by atoms with van der Waals surface area (Å²) in [5, 5.41) is 25.3. The average Bonchev–Trinajstić information content (AvgIpc) is 2.96. The highest BCUT2D eigenvalue weighted by atomic mass is 16.5. The summed E-state index contributed by atoms with van der Waals surface area (Å²) in [7, 11) is 3.11. The van der Waals surface area contributed by atoms with E-state index >= 15 is 0 Å². The van der Waals surface area contributed by atoms with Gasteiger partial charge in [-0.3, -0.25) is 0 Å². The Labute approximate surface area is 132 Å². The zero-order chi connectivity index (χ0) is 16.8. The fourth-order valence-electron chi connectivity index (χ4n) is 2.24. The molecule has 0 radical (unpaired) electrons. The minimum Gasteiger partial charge on any atom is -0.493 e. The molecule has 2 aromatic rings. The monoisotopic (exact) mass is 316 g/mol. The van der Waals surface area contributed by atoms with Gasteiger partial charge in [-0.25, -0.2) is 9.48 Å². The van der Waals surface area contributed by atoms with E-state index in [9.17, 15) is 4.79 Å². The molecule has 1 aromatic carbocycles. The zero-order valence-corrected chi connectivity index (χ0v) is 12.8. The van der Waals surface area contributed by atoms with Crippen LogP contribution in [0.25, 0.3) is 0 Å². The second kappa shape index (κ2) is 7.26. The number of nitrogens with zero attached hydrogens (tertiary/aromatic N) is 4. The molecule has 2 rings (SSSR count). The molecular formula is C15H16N4O4. The van der Waals surface area contributed by atoms with Crippen LogP contribution in [0.15, 0.2) is 18.2 Å². The minimum atomic E-state index is -1.16. The SMILES string of the molecule is COc1ccc(CCc2c(C(=O)O)nnn2CC#N)cc1OC. The van der Waals surface area contributed by atoms with Crippen molar-refractivity contribution >= 4 is 5.97 Å². The molecular weight excluding hydrogens is 300 g/mol. The van der Waals surface area contributed by atoms with Crippen LogP contribution >= 0.6 is 0 Å². The van der Waals surface area contributed by atoms with Crippen LogP contribution in [0.5, 0.6) is 11.5 Å². The summed E-state index contributed by atoms with van der Waals surface area (Å²) >= 11 is 0. The van der Waals surface area contributed by atoms with Gasteiger partial charge in [0.05, 0.1) is 26.0 Å². The van der Waals surface area contributed by atoms with Gasteiger partial charge in [-0.1, -0.05) is 11.3 Å². The normalized spacial score (nSPS) is 10.1. The highest BCUT2D eigenvalue weighted by molar-refractivity contribution is 5.86. The lowest BCUT2D eigenvalue weighted by Crippen LogP contribution is -2.09. The molecule has 1 N–H and O–H groups in total. The molecule has 23 heavy (non-hydrogen) atoms. The van der Waals surface area contributed by atoms with Crippen LogP contribution in [0.2, 0.25) is 0 Å². The third-order valence-corrected chi connectivity index (χ3v) is 3.36. The van der Waals surface area contributed by atoms with Crippen molar-refractivity contribution in [2.24, 2.45) is 0 Å². The quantitative estimate of drug-likeness (QED) is 0.819. The van der Waals surface area contributed by atoms with Gasteiger partial charge in [0.25, 0.3) is 0 Å². The van der Waals surface area contributed by atoms with E-state index in [1.54, 1.807) is 20.3 Å². The molecule has 1 heterocycles. The Balaban J connectivity index is 2.22. The summed E-state index contributed by atoms with van der Waals surface area (Å²) in [6, 6.07) is 7.43. The Bertz CT molecular complexity index is 748. The third-order valence-electron chi connectivity index (χ3n) is 3.36. The number of methoxy groups -OCH3 is 2. The number of aromatic nitrogens is 3. The van der Waals surface area contributed by atoms with E-state index in [0.717, 1.165) is 5.56 Å². The lowest BCUT2D eigenvalue weighted by molar-refractivity contribution is 0.0689. The topological polar surface area (TPSA) is 110 Å². The number of benzene rings is 1. The second-order valence-electron chi connectivity index (χ2n) is 4.69. The molecule has 0 amide bonds. The first-order chi connectivity index (χ1) is 11.1. The van der Waals surface area contributed by atoms with Gasteiger partial charge in [0.1, 0.15) is 6.54 Å². The van der Waals surface area contributed by atoms with E-state index in [1.807, 2.05) is 18.2 Å². The Hall–Kier alpha value is -3.08. The van der Waals surface area contributed by atoms with Crippen molar-refractivity contribution in [3.8, 4) is 17.6 Å². The van der Waals surface area contributed by atoms with Crippen LogP contribution < -0.4 is 9.47 Å².